The molecule has 1 unspecified atom stereocenters. The number of hydrogen-bond donors (Lipinski definition) is 1. The number of esters is 1. The summed E-state index contributed by atoms with van der Waals surface area (Å²) in [5.74, 6) is -1.33. The molecule has 26 heavy (non-hydrogen) atoms. The first-order valence-corrected chi connectivity index (χ1v) is 9.12. The normalized spacial score (nSPS) is 12.2. The molecule has 5 nitrogen and oxygen atoms in total. The van der Waals surface area contributed by atoms with Gasteiger partial charge < -0.3 is 14.3 Å². The molecule has 1 aromatic carbocycles. The highest BCUT2D eigenvalue weighted by molar-refractivity contribution is 7.98. The van der Waals surface area contributed by atoms with E-state index in [1.165, 1.54) is 31.0 Å². The fraction of sp³-hybridized carbons (Fsp3) is 0.368. The molecule has 0 saturated heterocycles. The maximum atomic E-state index is 13.7. The van der Waals surface area contributed by atoms with Crippen LogP contribution in [0, 0.1) is 11.7 Å². The first-order chi connectivity index (χ1) is 12.3. The largest absolute Gasteiger partial charge is 0.502 e. The highest BCUT2D eigenvalue weighted by Crippen LogP contribution is 2.34. The van der Waals surface area contributed by atoms with Crippen molar-refractivity contribution in [3.8, 4) is 5.75 Å². The van der Waals surface area contributed by atoms with E-state index in [-0.39, 0.29) is 29.7 Å². The van der Waals surface area contributed by atoms with Gasteiger partial charge in [0.25, 0.3) is 0 Å². The third kappa shape index (κ3) is 4.88. The van der Waals surface area contributed by atoms with Gasteiger partial charge in [0.15, 0.2) is 5.76 Å². The summed E-state index contributed by atoms with van der Waals surface area (Å²) in [5, 5.41) is 10.1. The predicted molar refractivity (Wildman–Crippen MR) is 96.8 cm³/mol. The summed E-state index contributed by atoms with van der Waals surface area (Å²) in [6, 6.07) is 7.48. The van der Waals surface area contributed by atoms with Crippen molar-refractivity contribution in [2.75, 3.05) is 7.11 Å². The van der Waals surface area contributed by atoms with Crippen LogP contribution in [0.2, 0.25) is 0 Å². The van der Waals surface area contributed by atoms with E-state index in [4.69, 9.17) is 4.42 Å². The van der Waals surface area contributed by atoms with Crippen molar-refractivity contribution in [3.63, 3.8) is 0 Å². The van der Waals surface area contributed by atoms with E-state index >= 15 is 0 Å². The van der Waals surface area contributed by atoms with Crippen LogP contribution in [0.5, 0.6) is 5.75 Å². The van der Waals surface area contributed by atoms with Gasteiger partial charge in [-0.1, -0.05) is 26.0 Å². The minimum absolute atomic E-state index is 0.0193. The Labute approximate surface area is 155 Å². The number of ether oxygens (including phenoxy) is 1. The van der Waals surface area contributed by atoms with Crippen molar-refractivity contribution in [3.05, 3.63) is 57.9 Å². The second-order valence-corrected chi connectivity index (χ2v) is 7.16. The van der Waals surface area contributed by atoms with E-state index in [2.05, 4.69) is 4.74 Å². The highest BCUT2D eigenvalue weighted by atomic mass is 32.2. The van der Waals surface area contributed by atoms with Crippen LogP contribution in [0.25, 0.3) is 0 Å². The summed E-state index contributed by atoms with van der Waals surface area (Å²) >= 11 is 1.18. The molecule has 0 bridgehead atoms. The van der Waals surface area contributed by atoms with Crippen molar-refractivity contribution in [1.29, 1.82) is 0 Å². The maximum Gasteiger partial charge on any atom is 0.306 e. The topological polar surface area (TPSA) is 76.7 Å². The summed E-state index contributed by atoms with van der Waals surface area (Å²) < 4.78 is 24.1. The van der Waals surface area contributed by atoms with E-state index in [1.54, 1.807) is 18.2 Å². The summed E-state index contributed by atoms with van der Waals surface area (Å²) in [6.07, 6.45) is -0.0193. The van der Waals surface area contributed by atoms with E-state index < -0.39 is 23.1 Å². The summed E-state index contributed by atoms with van der Waals surface area (Å²) in [7, 11) is 1.28. The van der Waals surface area contributed by atoms with Crippen molar-refractivity contribution >= 4 is 17.7 Å². The van der Waals surface area contributed by atoms with Crippen molar-refractivity contribution in [2.24, 2.45) is 5.92 Å². The molecule has 1 atom stereocenters. The number of carbonyl (C=O) groups is 1. The second-order valence-electron chi connectivity index (χ2n) is 6.14. The van der Waals surface area contributed by atoms with Crippen molar-refractivity contribution < 1.29 is 23.4 Å². The standard InChI is InChI=1S/C19H21FO5S/c1-11(2)13(9-17(22)24-3)19-18(23)15(21)8-12(25-19)10-26-16-7-5-4-6-14(16)20/h4-8,11,13,23H,9-10H2,1-3H3. The summed E-state index contributed by atoms with van der Waals surface area (Å²) in [5.41, 5.74) is -0.592. The lowest BCUT2D eigenvalue weighted by atomic mass is 9.89. The van der Waals surface area contributed by atoms with E-state index in [0.29, 0.717) is 10.7 Å². The van der Waals surface area contributed by atoms with Gasteiger partial charge in [-0.15, -0.1) is 11.8 Å². The van der Waals surface area contributed by atoms with Gasteiger partial charge in [0, 0.05) is 16.9 Å². The van der Waals surface area contributed by atoms with Crippen LogP contribution in [-0.2, 0) is 15.3 Å². The number of methoxy groups -OCH3 is 1. The minimum atomic E-state index is -0.592. The van der Waals surface area contributed by atoms with Crippen LogP contribution in [-0.4, -0.2) is 18.2 Å². The number of benzene rings is 1. The molecule has 1 heterocycles. The average molecular weight is 380 g/mol. The number of carbonyl (C=O) groups excluding carboxylic acids is 1. The molecule has 1 aromatic heterocycles. The van der Waals surface area contributed by atoms with E-state index in [1.807, 2.05) is 13.8 Å². The van der Waals surface area contributed by atoms with E-state index in [9.17, 15) is 19.1 Å². The summed E-state index contributed by atoms with van der Waals surface area (Å²) in [4.78, 5) is 24.2. The van der Waals surface area contributed by atoms with Gasteiger partial charge in [-0.3, -0.25) is 9.59 Å². The molecule has 7 heteroatoms. The lowest BCUT2D eigenvalue weighted by Gasteiger charge is -2.20. The first kappa shape index (κ1) is 20.0. The predicted octanol–water partition coefficient (Wildman–Crippen LogP) is 4.08. The molecule has 2 rings (SSSR count). The van der Waals surface area contributed by atoms with Gasteiger partial charge in [-0.2, -0.15) is 0 Å². The molecule has 0 aliphatic rings. The Morgan fingerprint density at radius 3 is 2.65 bits per heavy atom. The van der Waals surface area contributed by atoms with Gasteiger partial charge >= 0.3 is 5.97 Å². The number of aromatic hydroxyl groups is 1. The van der Waals surface area contributed by atoms with E-state index in [0.717, 1.165) is 0 Å². The number of thioether (sulfide) groups is 1. The van der Waals surface area contributed by atoms with Crippen molar-refractivity contribution in [2.45, 2.75) is 36.8 Å². The van der Waals surface area contributed by atoms with Gasteiger partial charge in [-0.05, 0) is 18.1 Å². The van der Waals surface area contributed by atoms with Crippen molar-refractivity contribution in [1.82, 2.24) is 0 Å². The molecule has 0 spiro atoms. The lowest BCUT2D eigenvalue weighted by Crippen LogP contribution is -2.16. The molecule has 2 aromatic rings. The van der Waals surface area contributed by atoms with Crippen LogP contribution in [0.15, 0.2) is 44.4 Å². The molecule has 0 amide bonds. The average Bonchev–Trinajstić information content (AvgIpc) is 2.61. The van der Waals surface area contributed by atoms with Gasteiger partial charge in [-0.25, -0.2) is 4.39 Å². The first-order valence-electron chi connectivity index (χ1n) is 8.13. The minimum Gasteiger partial charge on any atom is -0.502 e. The quantitative estimate of drug-likeness (QED) is 0.576. The zero-order valence-electron chi connectivity index (χ0n) is 14.8. The Morgan fingerprint density at radius 1 is 1.35 bits per heavy atom. The van der Waals surface area contributed by atoms with Gasteiger partial charge in [0.2, 0.25) is 11.2 Å². The monoisotopic (exact) mass is 380 g/mol. The molecule has 0 saturated carbocycles. The zero-order chi connectivity index (χ0) is 19.3. The Kier molecular flexibility index (Phi) is 6.85. The summed E-state index contributed by atoms with van der Waals surface area (Å²) in [6.45, 7) is 3.71. The zero-order valence-corrected chi connectivity index (χ0v) is 15.6. The van der Waals surface area contributed by atoms with Gasteiger partial charge in [0.1, 0.15) is 11.6 Å². The van der Waals surface area contributed by atoms with Gasteiger partial charge in [0.05, 0.1) is 19.3 Å². The van der Waals surface area contributed by atoms with Crippen LogP contribution >= 0.6 is 11.8 Å². The maximum absolute atomic E-state index is 13.7. The molecular weight excluding hydrogens is 359 g/mol. The number of hydrogen-bond acceptors (Lipinski definition) is 6. The highest BCUT2D eigenvalue weighted by Gasteiger charge is 2.27. The Hall–Kier alpha value is -2.28. The van der Waals surface area contributed by atoms with Crippen LogP contribution in [0.4, 0.5) is 4.39 Å². The fourth-order valence-electron chi connectivity index (χ4n) is 2.48. The Bertz CT molecular complexity index is 831. The SMILES string of the molecule is COC(=O)CC(c1oc(CSc2ccccc2F)cc(=O)c1O)C(C)C. The molecule has 0 aliphatic heterocycles. The Balaban J connectivity index is 2.31. The fourth-order valence-corrected chi connectivity index (χ4v) is 3.30. The van der Waals surface area contributed by atoms with Crippen LogP contribution in [0.3, 0.4) is 0 Å². The lowest BCUT2D eigenvalue weighted by molar-refractivity contribution is -0.141. The molecular formula is C19H21FO5S. The van der Waals surface area contributed by atoms with Crippen LogP contribution < -0.4 is 5.43 Å². The molecule has 0 radical (unpaired) electrons. The molecule has 0 aliphatic carbocycles. The third-order valence-corrected chi connectivity index (χ3v) is 5.03. The number of halogens is 1. The Morgan fingerprint density at radius 2 is 2.04 bits per heavy atom. The van der Waals surface area contributed by atoms with Crippen LogP contribution in [0.1, 0.15) is 37.7 Å². The third-order valence-electron chi connectivity index (χ3n) is 3.96. The smallest absolute Gasteiger partial charge is 0.306 e. The number of rotatable bonds is 7. The molecule has 1 N–H and O–H groups in total. The second kappa shape index (κ2) is 8.89. The molecule has 0 fully saturated rings. The molecule has 140 valence electrons.